The van der Waals surface area contributed by atoms with Crippen LogP contribution in [0.25, 0.3) is 33.3 Å². The lowest BCUT2D eigenvalue weighted by Gasteiger charge is -2.51. The van der Waals surface area contributed by atoms with Crippen molar-refractivity contribution in [3.8, 4) is 22.4 Å². The van der Waals surface area contributed by atoms with E-state index in [1.807, 2.05) is 66.7 Å². The van der Waals surface area contributed by atoms with Gasteiger partial charge in [-0.2, -0.15) is 0 Å². The Kier molecular flexibility index (Phi) is 5.33. The number of anilines is 1. The number of benzene rings is 2. The predicted octanol–water partition coefficient (Wildman–Crippen LogP) is 4.08. The maximum Gasteiger partial charge on any atom is 0.405 e. The molecule has 2 aromatic carbocycles. The van der Waals surface area contributed by atoms with Gasteiger partial charge in [0.15, 0.2) is 5.79 Å². The molecule has 0 unspecified atom stereocenters. The number of carbonyl (C=O) groups excluding carboxylic acids is 1. The van der Waals surface area contributed by atoms with Gasteiger partial charge in [0.05, 0.1) is 24.4 Å². The van der Waals surface area contributed by atoms with Crippen molar-refractivity contribution < 1.29 is 19.0 Å². The smallest absolute Gasteiger partial charge is 0.405 e. The number of nitrogen functional groups attached to an aromatic ring is 1. The number of nitrogens with two attached hydrogens (primary N) is 2. The first-order valence-electron chi connectivity index (χ1n) is 11.7. The topological polar surface area (TPSA) is 135 Å². The van der Waals surface area contributed by atoms with Crippen LogP contribution in [-0.2, 0) is 19.8 Å². The van der Waals surface area contributed by atoms with Gasteiger partial charge in [0.25, 0.3) is 0 Å². The first-order valence-corrected chi connectivity index (χ1v) is 11.7. The van der Waals surface area contributed by atoms with Crippen LogP contribution >= 0.6 is 0 Å². The molecule has 1 spiro atoms. The van der Waals surface area contributed by atoms with E-state index in [2.05, 4.69) is 10.4 Å². The Morgan fingerprint density at radius 2 is 1.69 bits per heavy atom. The molecule has 3 heterocycles. The fourth-order valence-electron chi connectivity index (χ4n) is 5.25. The first-order chi connectivity index (χ1) is 17.5. The lowest BCUT2D eigenvalue weighted by Crippen LogP contribution is -2.57. The van der Waals surface area contributed by atoms with Gasteiger partial charge in [-0.1, -0.05) is 54.6 Å². The minimum atomic E-state index is -0.888. The molecule has 2 aromatic heterocycles. The summed E-state index contributed by atoms with van der Waals surface area (Å²) in [6.07, 6.45) is 1.64. The van der Waals surface area contributed by atoms with E-state index in [9.17, 15) is 4.79 Å². The number of nitrogens with one attached hydrogen (secondary N) is 1. The van der Waals surface area contributed by atoms with Crippen LogP contribution in [0.2, 0.25) is 0 Å². The number of amides is 1. The number of nitrogens with zero attached hydrogens (tertiary/aromatic N) is 2. The maximum absolute atomic E-state index is 11.7. The third-order valence-corrected chi connectivity index (χ3v) is 6.87. The van der Waals surface area contributed by atoms with Gasteiger partial charge in [-0.3, -0.25) is 0 Å². The van der Waals surface area contributed by atoms with Crippen LogP contribution in [0.15, 0.2) is 72.9 Å². The zero-order chi connectivity index (χ0) is 24.8. The third kappa shape index (κ3) is 3.74. The zero-order valence-corrected chi connectivity index (χ0v) is 19.4. The molecule has 9 heteroatoms. The maximum atomic E-state index is 11.7. The standard InChI is InChI=1S/C27H25N5O4/c28-25(33)36-26(15-27(16-26)34-12-13-35-27)19-8-6-18(7-9-19)23-20(17-4-2-1-3-5-17)14-21-22(31-23)10-11-30-24(21)32-29/h1-11,14H,12-13,15-16,29H2,(H2,28,33)(H,30,32). The van der Waals surface area contributed by atoms with Crippen molar-refractivity contribution in [2.24, 2.45) is 11.6 Å². The summed E-state index contributed by atoms with van der Waals surface area (Å²) in [6, 6.07) is 21.8. The van der Waals surface area contributed by atoms with Crippen molar-refractivity contribution in [1.29, 1.82) is 0 Å². The number of ether oxygens (including phenoxy) is 3. The Balaban J connectivity index is 1.43. The van der Waals surface area contributed by atoms with Crippen molar-refractivity contribution >= 4 is 22.8 Å². The number of rotatable bonds is 5. The molecule has 6 rings (SSSR count). The summed E-state index contributed by atoms with van der Waals surface area (Å²) < 4.78 is 17.1. The minimum Gasteiger partial charge on any atom is -0.438 e. The summed E-state index contributed by atoms with van der Waals surface area (Å²) in [7, 11) is 0. The zero-order valence-electron chi connectivity index (χ0n) is 19.4. The molecule has 0 radical (unpaired) electrons. The number of hydrogen-bond acceptors (Lipinski definition) is 8. The quantitative estimate of drug-likeness (QED) is 0.286. The molecule has 5 N–H and O–H groups in total. The molecule has 0 bridgehead atoms. The summed E-state index contributed by atoms with van der Waals surface area (Å²) in [4.78, 5) is 21.0. The summed E-state index contributed by atoms with van der Waals surface area (Å²) in [5, 5.41) is 0.823. The molecule has 2 aliphatic rings. The van der Waals surface area contributed by atoms with Crippen LogP contribution in [0.3, 0.4) is 0 Å². The number of pyridine rings is 2. The van der Waals surface area contributed by atoms with Crippen molar-refractivity contribution in [3.63, 3.8) is 0 Å². The van der Waals surface area contributed by atoms with Gasteiger partial charge in [-0.15, -0.1) is 0 Å². The predicted molar refractivity (Wildman–Crippen MR) is 134 cm³/mol. The van der Waals surface area contributed by atoms with E-state index < -0.39 is 17.5 Å². The van der Waals surface area contributed by atoms with E-state index >= 15 is 0 Å². The normalized spacial score (nSPS) is 17.6. The molecule has 2 fully saturated rings. The van der Waals surface area contributed by atoms with Crippen LogP contribution in [0.4, 0.5) is 10.6 Å². The number of fused-ring (bicyclic) bond motifs is 1. The molecule has 1 saturated carbocycles. The fraction of sp³-hybridized carbons (Fsp3) is 0.222. The van der Waals surface area contributed by atoms with Gasteiger partial charge in [-0.05, 0) is 23.3 Å². The van der Waals surface area contributed by atoms with E-state index in [0.717, 1.165) is 38.9 Å². The van der Waals surface area contributed by atoms with E-state index in [4.69, 9.17) is 30.8 Å². The van der Waals surface area contributed by atoms with Crippen molar-refractivity contribution in [3.05, 3.63) is 78.5 Å². The average molecular weight is 484 g/mol. The SMILES string of the molecule is NNc1nccc2nc(-c3ccc(C4(OC(N)=O)CC5(C4)OCCO5)cc3)c(-c3ccccc3)cc12. The molecule has 4 aromatic rings. The Hall–Kier alpha value is -4.05. The van der Waals surface area contributed by atoms with E-state index in [1.165, 1.54) is 0 Å². The lowest BCUT2D eigenvalue weighted by atomic mass is 9.69. The highest BCUT2D eigenvalue weighted by molar-refractivity contribution is 5.96. The first kappa shape index (κ1) is 22.4. The number of primary amides is 1. The van der Waals surface area contributed by atoms with Crippen molar-refractivity contribution in [2.75, 3.05) is 18.6 Å². The second kappa shape index (κ2) is 8.56. The molecule has 1 aliphatic heterocycles. The summed E-state index contributed by atoms with van der Waals surface area (Å²) in [6.45, 7) is 1.05. The van der Waals surface area contributed by atoms with Gasteiger partial charge >= 0.3 is 6.09 Å². The second-order valence-electron chi connectivity index (χ2n) is 9.08. The molecule has 9 nitrogen and oxygen atoms in total. The Labute approximate surface area is 207 Å². The van der Waals surface area contributed by atoms with E-state index in [1.54, 1.807) is 6.20 Å². The molecular formula is C27H25N5O4. The van der Waals surface area contributed by atoms with Gasteiger partial charge in [-0.25, -0.2) is 20.6 Å². The highest BCUT2D eigenvalue weighted by Crippen LogP contribution is 2.55. The number of hydrazine groups is 1. The van der Waals surface area contributed by atoms with Crippen molar-refractivity contribution in [1.82, 2.24) is 9.97 Å². The fourth-order valence-corrected chi connectivity index (χ4v) is 5.25. The minimum absolute atomic E-state index is 0.396. The van der Waals surface area contributed by atoms with Crippen LogP contribution in [0, 0.1) is 0 Å². The molecule has 1 amide bonds. The Morgan fingerprint density at radius 3 is 2.36 bits per heavy atom. The largest absolute Gasteiger partial charge is 0.438 e. The van der Waals surface area contributed by atoms with Gasteiger partial charge < -0.3 is 25.4 Å². The molecule has 1 aliphatic carbocycles. The molecule has 182 valence electrons. The molecule has 36 heavy (non-hydrogen) atoms. The second-order valence-corrected chi connectivity index (χ2v) is 9.08. The van der Waals surface area contributed by atoms with Crippen molar-refractivity contribution in [2.45, 2.75) is 24.2 Å². The van der Waals surface area contributed by atoms with Crippen LogP contribution < -0.4 is 17.0 Å². The summed E-state index contributed by atoms with van der Waals surface area (Å²) in [5.74, 6) is 5.55. The molecule has 0 atom stereocenters. The molecule has 1 saturated heterocycles. The third-order valence-electron chi connectivity index (χ3n) is 6.87. The average Bonchev–Trinajstić information content (AvgIpc) is 3.37. The highest BCUT2D eigenvalue weighted by atomic mass is 16.7. The number of carbonyl (C=O) groups is 1. The number of aromatic nitrogens is 2. The lowest BCUT2D eigenvalue weighted by molar-refractivity contribution is -0.287. The number of hydrogen-bond donors (Lipinski definition) is 3. The van der Waals surface area contributed by atoms with Crippen LogP contribution in [0.5, 0.6) is 0 Å². The van der Waals surface area contributed by atoms with Crippen LogP contribution in [0.1, 0.15) is 18.4 Å². The van der Waals surface area contributed by atoms with Gasteiger partial charge in [0.2, 0.25) is 0 Å². The van der Waals surface area contributed by atoms with Gasteiger partial charge in [0, 0.05) is 35.6 Å². The van der Waals surface area contributed by atoms with Gasteiger partial charge in [0.1, 0.15) is 11.4 Å². The van der Waals surface area contributed by atoms with Crippen LogP contribution in [-0.4, -0.2) is 35.1 Å². The summed E-state index contributed by atoms with van der Waals surface area (Å²) in [5.41, 5.74) is 12.5. The van der Waals surface area contributed by atoms with E-state index in [-0.39, 0.29) is 0 Å². The Morgan fingerprint density at radius 1 is 0.972 bits per heavy atom. The summed E-state index contributed by atoms with van der Waals surface area (Å²) >= 11 is 0. The molecular weight excluding hydrogens is 458 g/mol. The Bertz CT molecular complexity index is 1430. The van der Waals surface area contributed by atoms with E-state index in [0.29, 0.717) is 31.9 Å². The monoisotopic (exact) mass is 483 g/mol. The highest BCUT2D eigenvalue weighted by Gasteiger charge is 2.62.